The van der Waals surface area contributed by atoms with E-state index in [1.807, 2.05) is 0 Å². The first-order chi connectivity index (χ1) is 7.08. The van der Waals surface area contributed by atoms with Crippen molar-refractivity contribution in [2.75, 3.05) is 0 Å². The number of carboxylic acids is 1. The molecule has 2 aromatic rings. The molecule has 1 aromatic carbocycles. The number of rotatable bonds is 2. The van der Waals surface area contributed by atoms with Crippen molar-refractivity contribution in [3.8, 4) is 0 Å². The Labute approximate surface area is 94.4 Å². The molecule has 0 radical (unpaired) electrons. The van der Waals surface area contributed by atoms with Crippen molar-refractivity contribution in [3.05, 3.63) is 27.9 Å². The molecule has 0 saturated heterocycles. The quantitative estimate of drug-likeness (QED) is 0.884. The first-order valence-corrected chi connectivity index (χ1v) is 4.78. The van der Waals surface area contributed by atoms with E-state index in [1.165, 1.54) is 6.07 Å². The molecule has 2 rings (SSSR count). The van der Waals surface area contributed by atoms with E-state index in [-0.39, 0.29) is 6.42 Å². The van der Waals surface area contributed by atoms with Gasteiger partial charge in [-0.05, 0) is 6.07 Å². The van der Waals surface area contributed by atoms with Crippen molar-refractivity contribution in [3.63, 3.8) is 0 Å². The van der Waals surface area contributed by atoms with Crippen LogP contribution in [0.2, 0.25) is 10.0 Å². The summed E-state index contributed by atoms with van der Waals surface area (Å²) in [5.74, 6) is -0.990. The number of fused-ring (bicyclic) bond motifs is 1. The van der Waals surface area contributed by atoms with E-state index in [4.69, 9.17) is 32.8 Å². The van der Waals surface area contributed by atoms with Crippen LogP contribution in [0.3, 0.4) is 0 Å². The molecule has 0 saturated carbocycles. The molecule has 15 heavy (non-hydrogen) atoms. The Morgan fingerprint density at radius 1 is 1.47 bits per heavy atom. The topological polar surface area (TPSA) is 63.3 Å². The lowest BCUT2D eigenvalue weighted by Gasteiger charge is -1.95. The molecule has 78 valence electrons. The van der Waals surface area contributed by atoms with Crippen molar-refractivity contribution in [2.45, 2.75) is 6.42 Å². The molecule has 0 atom stereocenters. The first-order valence-electron chi connectivity index (χ1n) is 4.03. The van der Waals surface area contributed by atoms with Crippen LogP contribution in [-0.2, 0) is 11.2 Å². The lowest BCUT2D eigenvalue weighted by atomic mass is 10.2. The molecule has 0 amide bonds. The van der Waals surface area contributed by atoms with Crippen LogP contribution in [0, 0.1) is 0 Å². The molecule has 1 aromatic heterocycles. The van der Waals surface area contributed by atoms with E-state index in [0.29, 0.717) is 26.7 Å². The van der Waals surface area contributed by atoms with E-state index in [9.17, 15) is 4.79 Å². The first kappa shape index (κ1) is 10.3. The zero-order valence-corrected chi connectivity index (χ0v) is 8.84. The standard InChI is InChI=1S/C9H5Cl2NO3/c10-4-1-5(11)9-6(3-8(13)14)12-15-7(9)2-4/h1-2H,3H2,(H,13,14). The maximum Gasteiger partial charge on any atom is 0.309 e. The highest BCUT2D eigenvalue weighted by atomic mass is 35.5. The largest absolute Gasteiger partial charge is 0.481 e. The van der Waals surface area contributed by atoms with Gasteiger partial charge in [0.15, 0.2) is 5.58 Å². The molecule has 0 fully saturated rings. The summed E-state index contributed by atoms with van der Waals surface area (Å²) in [4.78, 5) is 10.5. The summed E-state index contributed by atoms with van der Waals surface area (Å²) >= 11 is 11.7. The summed E-state index contributed by atoms with van der Waals surface area (Å²) in [7, 11) is 0. The molecular weight excluding hydrogens is 241 g/mol. The Morgan fingerprint density at radius 3 is 2.87 bits per heavy atom. The average molecular weight is 246 g/mol. The molecule has 0 aliphatic rings. The fraction of sp³-hybridized carbons (Fsp3) is 0.111. The predicted molar refractivity (Wildman–Crippen MR) is 55.4 cm³/mol. The molecule has 1 heterocycles. The Morgan fingerprint density at radius 2 is 2.20 bits per heavy atom. The number of benzene rings is 1. The van der Waals surface area contributed by atoms with Gasteiger partial charge in [0.25, 0.3) is 0 Å². The smallest absolute Gasteiger partial charge is 0.309 e. The zero-order chi connectivity index (χ0) is 11.0. The predicted octanol–water partition coefficient (Wildman–Crippen LogP) is 2.76. The molecule has 0 spiro atoms. The van der Waals surface area contributed by atoms with E-state index in [2.05, 4.69) is 5.16 Å². The summed E-state index contributed by atoms with van der Waals surface area (Å²) in [6, 6.07) is 3.06. The minimum Gasteiger partial charge on any atom is -0.481 e. The van der Waals surface area contributed by atoms with Gasteiger partial charge in [0.2, 0.25) is 0 Å². The van der Waals surface area contributed by atoms with Gasteiger partial charge in [-0.2, -0.15) is 0 Å². The van der Waals surface area contributed by atoms with Gasteiger partial charge in [0.1, 0.15) is 5.69 Å². The summed E-state index contributed by atoms with van der Waals surface area (Å²) < 4.78 is 4.93. The van der Waals surface area contributed by atoms with Crippen LogP contribution in [0.25, 0.3) is 11.0 Å². The second-order valence-corrected chi connectivity index (χ2v) is 3.80. The third kappa shape index (κ3) is 1.91. The third-order valence-corrected chi connectivity index (χ3v) is 2.40. The molecule has 1 N–H and O–H groups in total. The molecule has 6 heteroatoms. The van der Waals surface area contributed by atoms with Gasteiger partial charge in [-0.25, -0.2) is 0 Å². The highest BCUT2D eigenvalue weighted by molar-refractivity contribution is 6.38. The van der Waals surface area contributed by atoms with E-state index in [1.54, 1.807) is 6.07 Å². The molecular formula is C9H5Cl2NO3. The number of carbonyl (C=O) groups is 1. The second kappa shape index (κ2) is 3.72. The SMILES string of the molecule is O=C(O)Cc1noc2cc(Cl)cc(Cl)c12. The monoisotopic (exact) mass is 245 g/mol. The summed E-state index contributed by atoms with van der Waals surface area (Å²) in [6.45, 7) is 0. The lowest BCUT2D eigenvalue weighted by Crippen LogP contribution is -2.00. The Bertz CT molecular complexity index is 535. The van der Waals surface area contributed by atoms with Gasteiger partial charge in [-0.3, -0.25) is 4.79 Å². The lowest BCUT2D eigenvalue weighted by molar-refractivity contribution is -0.136. The number of nitrogens with zero attached hydrogens (tertiary/aromatic N) is 1. The Kier molecular flexibility index (Phi) is 2.54. The highest BCUT2D eigenvalue weighted by Gasteiger charge is 2.15. The normalized spacial score (nSPS) is 10.8. The van der Waals surface area contributed by atoms with Crippen molar-refractivity contribution in [1.82, 2.24) is 5.16 Å². The Balaban J connectivity index is 2.63. The van der Waals surface area contributed by atoms with Gasteiger partial charge < -0.3 is 9.63 Å². The average Bonchev–Trinajstić information content (AvgIpc) is 2.46. The summed E-state index contributed by atoms with van der Waals surface area (Å²) in [6.07, 6.45) is -0.228. The van der Waals surface area contributed by atoms with Gasteiger partial charge >= 0.3 is 5.97 Å². The van der Waals surface area contributed by atoms with E-state index >= 15 is 0 Å². The van der Waals surface area contributed by atoms with E-state index in [0.717, 1.165) is 0 Å². The number of hydrogen-bond acceptors (Lipinski definition) is 3. The Hall–Kier alpha value is -1.26. The minimum atomic E-state index is -0.990. The number of carboxylic acid groups (broad SMARTS) is 1. The second-order valence-electron chi connectivity index (χ2n) is 2.96. The van der Waals surface area contributed by atoms with Gasteiger partial charge in [-0.1, -0.05) is 28.4 Å². The van der Waals surface area contributed by atoms with Crippen LogP contribution in [0.5, 0.6) is 0 Å². The summed E-state index contributed by atoms with van der Waals surface area (Å²) in [5, 5.41) is 13.5. The number of aliphatic carboxylic acids is 1. The molecule has 0 aliphatic heterocycles. The van der Waals surface area contributed by atoms with Crippen molar-refractivity contribution in [1.29, 1.82) is 0 Å². The van der Waals surface area contributed by atoms with Crippen LogP contribution >= 0.6 is 23.2 Å². The summed E-state index contributed by atoms with van der Waals surface area (Å²) in [5.41, 5.74) is 0.697. The molecule has 0 aliphatic carbocycles. The van der Waals surface area contributed by atoms with E-state index < -0.39 is 5.97 Å². The molecule has 0 bridgehead atoms. The van der Waals surface area contributed by atoms with Crippen LogP contribution in [0.4, 0.5) is 0 Å². The molecule has 0 unspecified atom stereocenters. The van der Waals surface area contributed by atoms with Crippen molar-refractivity contribution in [2.24, 2.45) is 0 Å². The number of halogens is 2. The maximum absolute atomic E-state index is 10.5. The van der Waals surface area contributed by atoms with Gasteiger partial charge in [0.05, 0.1) is 16.8 Å². The minimum absolute atomic E-state index is 0.228. The number of hydrogen-bond donors (Lipinski definition) is 1. The fourth-order valence-electron chi connectivity index (χ4n) is 1.32. The fourth-order valence-corrected chi connectivity index (χ4v) is 1.90. The molecule has 4 nitrogen and oxygen atoms in total. The van der Waals surface area contributed by atoms with Crippen molar-refractivity contribution < 1.29 is 14.4 Å². The van der Waals surface area contributed by atoms with Gasteiger partial charge in [0, 0.05) is 11.1 Å². The van der Waals surface area contributed by atoms with Crippen molar-refractivity contribution >= 4 is 40.1 Å². The van der Waals surface area contributed by atoms with Crippen LogP contribution in [0.1, 0.15) is 5.69 Å². The zero-order valence-electron chi connectivity index (χ0n) is 7.33. The number of aromatic nitrogens is 1. The van der Waals surface area contributed by atoms with Crippen LogP contribution < -0.4 is 0 Å². The van der Waals surface area contributed by atoms with Crippen LogP contribution in [0.15, 0.2) is 16.7 Å². The highest BCUT2D eigenvalue weighted by Crippen LogP contribution is 2.30. The third-order valence-electron chi connectivity index (χ3n) is 1.88. The van der Waals surface area contributed by atoms with Gasteiger partial charge in [-0.15, -0.1) is 0 Å². The van der Waals surface area contributed by atoms with Crippen LogP contribution in [-0.4, -0.2) is 16.2 Å². The maximum atomic E-state index is 10.5.